The van der Waals surface area contributed by atoms with Crippen LogP contribution in [0.3, 0.4) is 0 Å². The van der Waals surface area contributed by atoms with Crippen molar-refractivity contribution >= 4 is 5.97 Å². The zero-order valence-corrected chi connectivity index (χ0v) is 8.66. The fraction of sp³-hybridized carbons (Fsp3) is 0.900. The summed E-state index contributed by atoms with van der Waals surface area (Å²) in [7, 11) is 0. The molecule has 0 fully saturated rings. The summed E-state index contributed by atoms with van der Waals surface area (Å²) >= 11 is 0. The number of rotatable bonds is 6. The number of carboxylic acids is 1. The Kier molecular flexibility index (Phi) is 5.71. The molecule has 0 rings (SSSR count). The molecule has 2 unspecified atom stereocenters. The topological polar surface area (TPSA) is 57.5 Å². The molecule has 13 heavy (non-hydrogen) atoms. The summed E-state index contributed by atoms with van der Waals surface area (Å²) in [5, 5.41) is 17.7. The SMILES string of the molecule is CC(C)CC(CC(C)CO)C(=O)O. The van der Waals surface area contributed by atoms with E-state index in [2.05, 4.69) is 0 Å². The minimum absolute atomic E-state index is 0.0713. The van der Waals surface area contributed by atoms with Gasteiger partial charge >= 0.3 is 5.97 Å². The van der Waals surface area contributed by atoms with Crippen molar-refractivity contribution < 1.29 is 15.0 Å². The van der Waals surface area contributed by atoms with E-state index in [1.807, 2.05) is 20.8 Å². The van der Waals surface area contributed by atoms with Gasteiger partial charge in [0.1, 0.15) is 0 Å². The molecule has 2 atom stereocenters. The standard InChI is InChI=1S/C10H20O3/c1-7(2)4-9(10(12)13)5-8(3)6-11/h7-9,11H,4-6H2,1-3H3,(H,12,13). The summed E-state index contributed by atoms with van der Waals surface area (Å²) in [6.07, 6.45) is 1.27. The predicted molar refractivity (Wildman–Crippen MR) is 51.4 cm³/mol. The van der Waals surface area contributed by atoms with E-state index < -0.39 is 5.97 Å². The summed E-state index contributed by atoms with van der Waals surface area (Å²) < 4.78 is 0. The second kappa shape index (κ2) is 5.97. The third kappa shape index (κ3) is 5.64. The minimum Gasteiger partial charge on any atom is -0.481 e. The third-order valence-electron chi connectivity index (χ3n) is 2.10. The van der Waals surface area contributed by atoms with Crippen LogP contribution >= 0.6 is 0 Å². The highest BCUT2D eigenvalue weighted by Crippen LogP contribution is 2.20. The van der Waals surface area contributed by atoms with E-state index in [-0.39, 0.29) is 18.4 Å². The van der Waals surface area contributed by atoms with E-state index >= 15 is 0 Å². The molecule has 3 nitrogen and oxygen atoms in total. The molecule has 0 aromatic rings. The molecule has 0 saturated carbocycles. The molecule has 0 bridgehead atoms. The maximum atomic E-state index is 10.8. The largest absolute Gasteiger partial charge is 0.481 e. The molecule has 0 aromatic carbocycles. The number of aliphatic hydroxyl groups excluding tert-OH is 1. The molecular formula is C10H20O3. The van der Waals surface area contributed by atoms with Gasteiger partial charge in [-0.1, -0.05) is 20.8 Å². The van der Waals surface area contributed by atoms with Gasteiger partial charge in [0.15, 0.2) is 0 Å². The Morgan fingerprint density at radius 3 is 2.08 bits per heavy atom. The van der Waals surface area contributed by atoms with Crippen molar-refractivity contribution in [2.24, 2.45) is 17.8 Å². The van der Waals surface area contributed by atoms with Crippen molar-refractivity contribution in [3.05, 3.63) is 0 Å². The second-order valence-corrected chi connectivity index (χ2v) is 4.19. The zero-order chi connectivity index (χ0) is 10.4. The van der Waals surface area contributed by atoms with Gasteiger partial charge in [-0.05, 0) is 24.7 Å². The lowest BCUT2D eigenvalue weighted by atomic mass is 9.89. The monoisotopic (exact) mass is 188 g/mol. The van der Waals surface area contributed by atoms with Crippen molar-refractivity contribution in [2.45, 2.75) is 33.6 Å². The molecular weight excluding hydrogens is 168 g/mol. The Morgan fingerprint density at radius 2 is 1.77 bits per heavy atom. The van der Waals surface area contributed by atoms with Crippen molar-refractivity contribution in [1.82, 2.24) is 0 Å². The Hall–Kier alpha value is -0.570. The average molecular weight is 188 g/mol. The highest BCUT2D eigenvalue weighted by molar-refractivity contribution is 5.69. The number of aliphatic carboxylic acids is 1. The van der Waals surface area contributed by atoms with Gasteiger partial charge in [-0.15, -0.1) is 0 Å². The lowest BCUT2D eigenvalue weighted by Crippen LogP contribution is -2.20. The van der Waals surface area contributed by atoms with E-state index in [0.717, 1.165) is 0 Å². The first-order valence-electron chi connectivity index (χ1n) is 4.81. The van der Waals surface area contributed by atoms with Gasteiger partial charge in [0.05, 0.1) is 5.92 Å². The predicted octanol–water partition coefficient (Wildman–Crippen LogP) is 1.75. The van der Waals surface area contributed by atoms with E-state index in [0.29, 0.717) is 18.8 Å². The van der Waals surface area contributed by atoms with Crippen LogP contribution in [0, 0.1) is 17.8 Å². The van der Waals surface area contributed by atoms with Crippen LogP contribution in [-0.4, -0.2) is 22.8 Å². The highest BCUT2D eigenvalue weighted by atomic mass is 16.4. The summed E-state index contributed by atoms with van der Waals surface area (Å²) in [5.41, 5.74) is 0. The first-order chi connectivity index (χ1) is 5.97. The summed E-state index contributed by atoms with van der Waals surface area (Å²) in [4.78, 5) is 10.8. The quantitative estimate of drug-likeness (QED) is 0.667. The number of aliphatic hydroxyl groups is 1. The number of carboxylic acid groups (broad SMARTS) is 1. The Bertz CT molecular complexity index is 154. The maximum absolute atomic E-state index is 10.8. The van der Waals surface area contributed by atoms with Crippen molar-refractivity contribution in [3.63, 3.8) is 0 Å². The lowest BCUT2D eigenvalue weighted by Gasteiger charge is -2.17. The molecule has 0 saturated heterocycles. The average Bonchev–Trinajstić information content (AvgIpc) is 2.02. The molecule has 0 radical (unpaired) electrons. The van der Waals surface area contributed by atoms with Gasteiger partial charge in [-0.2, -0.15) is 0 Å². The molecule has 0 aliphatic rings. The van der Waals surface area contributed by atoms with Gasteiger partial charge in [0.25, 0.3) is 0 Å². The number of hydrogen-bond donors (Lipinski definition) is 2. The summed E-state index contributed by atoms with van der Waals surface area (Å²) in [6, 6.07) is 0. The van der Waals surface area contributed by atoms with E-state index in [9.17, 15) is 4.79 Å². The zero-order valence-electron chi connectivity index (χ0n) is 8.66. The Balaban J connectivity index is 4.02. The molecule has 0 aliphatic carbocycles. The van der Waals surface area contributed by atoms with Crippen LogP contribution < -0.4 is 0 Å². The van der Waals surface area contributed by atoms with Gasteiger partial charge < -0.3 is 10.2 Å². The summed E-state index contributed by atoms with van der Waals surface area (Å²) in [5.74, 6) is -0.567. The minimum atomic E-state index is -0.742. The summed E-state index contributed by atoms with van der Waals surface area (Å²) in [6.45, 7) is 5.97. The van der Waals surface area contributed by atoms with Crippen LogP contribution in [0.4, 0.5) is 0 Å². The molecule has 0 aromatic heterocycles. The van der Waals surface area contributed by atoms with Crippen LogP contribution in [0.25, 0.3) is 0 Å². The van der Waals surface area contributed by atoms with Crippen LogP contribution in [0.15, 0.2) is 0 Å². The number of hydrogen-bond acceptors (Lipinski definition) is 2. The number of carbonyl (C=O) groups is 1. The van der Waals surface area contributed by atoms with Gasteiger partial charge in [-0.25, -0.2) is 0 Å². The van der Waals surface area contributed by atoms with E-state index in [1.165, 1.54) is 0 Å². The molecule has 0 aliphatic heterocycles. The second-order valence-electron chi connectivity index (χ2n) is 4.19. The van der Waals surface area contributed by atoms with E-state index in [4.69, 9.17) is 10.2 Å². The van der Waals surface area contributed by atoms with Crippen molar-refractivity contribution in [3.8, 4) is 0 Å². The fourth-order valence-electron chi connectivity index (χ4n) is 1.43. The van der Waals surface area contributed by atoms with Crippen LogP contribution in [-0.2, 0) is 4.79 Å². The molecule has 78 valence electrons. The Labute approximate surface area is 79.8 Å². The van der Waals surface area contributed by atoms with Gasteiger partial charge in [-0.3, -0.25) is 4.79 Å². The van der Waals surface area contributed by atoms with Gasteiger partial charge in [0.2, 0.25) is 0 Å². The highest BCUT2D eigenvalue weighted by Gasteiger charge is 2.20. The molecule has 0 heterocycles. The third-order valence-corrected chi connectivity index (χ3v) is 2.10. The normalized spacial score (nSPS) is 15.8. The first kappa shape index (κ1) is 12.4. The lowest BCUT2D eigenvalue weighted by molar-refractivity contribution is -0.143. The molecule has 0 spiro atoms. The van der Waals surface area contributed by atoms with Crippen molar-refractivity contribution in [1.29, 1.82) is 0 Å². The molecule has 0 amide bonds. The smallest absolute Gasteiger partial charge is 0.306 e. The maximum Gasteiger partial charge on any atom is 0.306 e. The van der Waals surface area contributed by atoms with Gasteiger partial charge in [0, 0.05) is 6.61 Å². The molecule has 3 heteroatoms. The van der Waals surface area contributed by atoms with Crippen LogP contribution in [0.1, 0.15) is 33.6 Å². The van der Waals surface area contributed by atoms with Crippen LogP contribution in [0.5, 0.6) is 0 Å². The van der Waals surface area contributed by atoms with Crippen LogP contribution in [0.2, 0.25) is 0 Å². The Morgan fingerprint density at radius 1 is 1.23 bits per heavy atom. The first-order valence-corrected chi connectivity index (χ1v) is 4.81. The molecule has 2 N–H and O–H groups in total. The van der Waals surface area contributed by atoms with E-state index in [1.54, 1.807) is 0 Å². The fourth-order valence-corrected chi connectivity index (χ4v) is 1.43. The van der Waals surface area contributed by atoms with Crippen molar-refractivity contribution in [2.75, 3.05) is 6.61 Å².